The minimum absolute atomic E-state index is 0.195. The van der Waals surface area contributed by atoms with E-state index in [1.54, 1.807) is 33.7 Å². The quantitative estimate of drug-likeness (QED) is 0.751. The largest absolute Gasteiger partial charge is 0.451 e. The number of halogens is 3. The lowest BCUT2D eigenvalue weighted by atomic mass is 10.1. The second kappa shape index (κ2) is 6.50. The summed E-state index contributed by atoms with van der Waals surface area (Å²) in [5, 5.41) is 0. The van der Waals surface area contributed by atoms with Crippen molar-refractivity contribution in [3.05, 3.63) is 53.6 Å². The highest BCUT2D eigenvalue weighted by molar-refractivity contribution is 6.00. The van der Waals surface area contributed by atoms with Crippen molar-refractivity contribution >= 4 is 18.0 Å². The number of hydrogen-bond acceptors (Lipinski definition) is 4. The van der Waals surface area contributed by atoms with Gasteiger partial charge >= 0.3 is 12.1 Å². The van der Waals surface area contributed by atoms with E-state index in [0.717, 1.165) is 12.0 Å². The van der Waals surface area contributed by atoms with Gasteiger partial charge in [-0.25, -0.2) is 9.78 Å². The van der Waals surface area contributed by atoms with Crippen molar-refractivity contribution in [3.63, 3.8) is 0 Å². The SMILES string of the molecule is C=Cc1ccc2c(c1)C(=O)N1CCC[C@H]1c1c(C(=O)OCC(F)(F)F)ncn1-2. The number of hydrogen-bond donors (Lipinski definition) is 0. The number of esters is 1. The van der Waals surface area contributed by atoms with E-state index in [-0.39, 0.29) is 11.6 Å². The average Bonchev–Trinajstić information content (AvgIpc) is 3.29. The van der Waals surface area contributed by atoms with E-state index < -0.39 is 24.8 Å². The van der Waals surface area contributed by atoms with Crippen LogP contribution in [-0.2, 0) is 4.74 Å². The number of carbonyl (C=O) groups excluding carboxylic acids is 2. The Balaban J connectivity index is 1.83. The summed E-state index contributed by atoms with van der Waals surface area (Å²) in [6.45, 7) is 2.51. The Hall–Kier alpha value is -3.10. The van der Waals surface area contributed by atoms with Crippen molar-refractivity contribution in [2.24, 2.45) is 0 Å². The molecule has 0 aliphatic carbocycles. The molecule has 2 aliphatic heterocycles. The Morgan fingerprint density at radius 3 is 2.89 bits per heavy atom. The molecule has 1 saturated heterocycles. The highest BCUT2D eigenvalue weighted by atomic mass is 19.4. The topological polar surface area (TPSA) is 64.4 Å². The molecule has 4 rings (SSSR count). The predicted molar refractivity (Wildman–Crippen MR) is 93.0 cm³/mol. The Morgan fingerprint density at radius 1 is 1.39 bits per heavy atom. The van der Waals surface area contributed by atoms with Gasteiger partial charge in [0, 0.05) is 6.54 Å². The monoisotopic (exact) mass is 391 g/mol. The van der Waals surface area contributed by atoms with Gasteiger partial charge in [0.15, 0.2) is 12.3 Å². The van der Waals surface area contributed by atoms with Crippen LogP contribution in [0.15, 0.2) is 31.1 Å². The summed E-state index contributed by atoms with van der Waals surface area (Å²) < 4.78 is 43.3. The van der Waals surface area contributed by atoms with Crippen LogP contribution < -0.4 is 0 Å². The Kier molecular flexibility index (Phi) is 4.24. The first-order valence-corrected chi connectivity index (χ1v) is 8.69. The second-order valence-electron chi connectivity index (χ2n) is 6.68. The van der Waals surface area contributed by atoms with Crippen LogP contribution in [-0.4, -0.2) is 45.7 Å². The minimum atomic E-state index is -4.63. The van der Waals surface area contributed by atoms with Gasteiger partial charge in [0.2, 0.25) is 0 Å². The van der Waals surface area contributed by atoms with Gasteiger partial charge in [0.05, 0.1) is 23.0 Å². The first kappa shape index (κ1) is 18.3. The van der Waals surface area contributed by atoms with E-state index in [2.05, 4.69) is 16.3 Å². The fourth-order valence-electron chi connectivity index (χ4n) is 3.75. The van der Waals surface area contributed by atoms with Gasteiger partial charge in [0.1, 0.15) is 6.33 Å². The molecule has 28 heavy (non-hydrogen) atoms. The van der Waals surface area contributed by atoms with Crippen molar-refractivity contribution in [1.29, 1.82) is 0 Å². The van der Waals surface area contributed by atoms with Gasteiger partial charge in [-0.3, -0.25) is 9.36 Å². The Morgan fingerprint density at radius 2 is 2.18 bits per heavy atom. The summed E-state index contributed by atoms with van der Waals surface area (Å²) >= 11 is 0. The van der Waals surface area contributed by atoms with E-state index in [4.69, 9.17) is 0 Å². The molecule has 6 nitrogen and oxygen atoms in total. The normalized spacial score (nSPS) is 18.2. The van der Waals surface area contributed by atoms with E-state index >= 15 is 0 Å². The van der Waals surface area contributed by atoms with Gasteiger partial charge < -0.3 is 9.64 Å². The molecule has 1 aromatic carbocycles. The molecule has 146 valence electrons. The third kappa shape index (κ3) is 2.96. The van der Waals surface area contributed by atoms with Crippen LogP contribution in [0.4, 0.5) is 13.2 Å². The van der Waals surface area contributed by atoms with Crippen molar-refractivity contribution in [3.8, 4) is 5.69 Å². The number of nitrogens with zero attached hydrogens (tertiary/aromatic N) is 3. The molecule has 3 heterocycles. The third-order valence-corrected chi connectivity index (χ3v) is 4.94. The third-order valence-electron chi connectivity index (χ3n) is 4.94. The Labute approximate surface area is 158 Å². The zero-order chi connectivity index (χ0) is 20.1. The number of alkyl halides is 3. The maximum absolute atomic E-state index is 13.1. The van der Waals surface area contributed by atoms with Gasteiger partial charge in [0.25, 0.3) is 5.91 Å². The number of ether oxygens (including phenoxy) is 1. The first-order chi connectivity index (χ1) is 13.3. The lowest BCUT2D eigenvalue weighted by Crippen LogP contribution is -2.30. The maximum Gasteiger partial charge on any atom is 0.422 e. The molecule has 2 aliphatic rings. The van der Waals surface area contributed by atoms with Crippen LogP contribution in [0.5, 0.6) is 0 Å². The zero-order valence-corrected chi connectivity index (χ0v) is 14.7. The predicted octanol–water partition coefficient (Wildman–Crippen LogP) is 3.53. The summed E-state index contributed by atoms with van der Waals surface area (Å²) in [5.41, 5.74) is 1.88. The van der Waals surface area contributed by atoms with Crippen LogP contribution >= 0.6 is 0 Å². The molecule has 1 aromatic heterocycles. The molecule has 1 atom stereocenters. The number of imidazole rings is 1. The number of amides is 1. The molecule has 0 spiro atoms. The van der Waals surface area contributed by atoms with Crippen molar-refractivity contribution < 1.29 is 27.5 Å². The first-order valence-electron chi connectivity index (χ1n) is 8.69. The van der Waals surface area contributed by atoms with Crippen molar-refractivity contribution in [2.75, 3.05) is 13.2 Å². The molecule has 0 radical (unpaired) electrons. The Bertz CT molecular complexity index is 981. The summed E-state index contributed by atoms with van der Waals surface area (Å²) in [5.74, 6) is -1.35. The standard InChI is InChI=1S/C19H16F3N3O3/c1-2-11-5-6-13-12(8-11)17(26)24-7-3-4-14(24)16-15(23-10-25(13)16)18(27)28-9-19(20,21)22/h2,5-6,8,10,14H,1,3-4,7,9H2/t14-/m0/s1. The molecular formula is C19H16F3N3O3. The summed E-state index contributed by atoms with van der Waals surface area (Å²) in [6, 6.07) is 4.73. The van der Waals surface area contributed by atoms with Gasteiger partial charge in [-0.15, -0.1) is 0 Å². The molecular weight excluding hydrogens is 375 g/mol. The summed E-state index contributed by atoms with van der Waals surface area (Å²) in [7, 11) is 0. The smallest absolute Gasteiger partial charge is 0.422 e. The zero-order valence-electron chi connectivity index (χ0n) is 14.7. The highest BCUT2D eigenvalue weighted by Gasteiger charge is 2.41. The number of carbonyl (C=O) groups is 2. The van der Waals surface area contributed by atoms with Crippen LogP contribution in [0.25, 0.3) is 11.8 Å². The maximum atomic E-state index is 13.1. The van der Waals surface area contributed by atoms with E-state index in [1.807, 2.05) is 0 Å². The molecule has 0 unspecified atom stereocenters. The molecule has 2 aromatic rings. The van der Waals surface area contributed by atoms with Crippen LogP contribution in [0, 0.1) is 0 Å². The fourth-order valence-corrected chi connectivity index (χ4v) is 3.75. The van der Waals surface area contributed by atoms with Gasteiger partial charge in [-0.1, -0.05) is 18.7 Å². The second-order valence-corrected chi connectivity index (χ2v) is 6.68. The van der Waals surface area contributed by atoms with E-state index in [0.29, 0.717) is 29.9 Å². The summed E-state index contributed by atoms with van der Waals surface area (Å²) in [4.78, 5) is 31.1. The molecule has 1 fully saturated rings. The van der Waals surface area contributed by atoms with Crippen molar-refractivity contribution in [2.45, 2.75) is 25.1 Å². The lowest BCUT2D eigenvalue weighted by molar-refractivity contribution is -0.161. The van der Waals surface area contributed by atoms with Crippen LogP contribution in [0.2, 0.25) is 0 Å². The molecule has 0 bridgehead atoms. The summed E-state index contributed by atoms with van der Waals surface area (Å²) in [6.07, 6.45) is -0.362. The van der Waals surface area contributed by atoms with Crippen LogP contribution in [0.3, 0.4) is 0 Å². The molecule has 0 N–H and O–H groups in total. The van der Waals surface area contributed by atoms with E-state index in [9.17, 15) is 22.8 Å². The molecule has 1 amide bonds. The number of benzene rings is 1. The minimum Gasteiger partial charge on any atom is -0.451 e. The van der Waals surface area contributed by atoms with Gasteiger partial charge in [-0.2, -0.15) is 13.2 Å². The number of fused-ring (bicyclic) bond motifs is 5. The lowest BCUT2D eigenvalue weighted by Gasteiger charge is -2.22. The van der Waals surface area contributed by atoms with Gasteiger partial charge in [-0.05, 0) is 30.5 Å². The van der Waals surface area contributed by atoms with E-state index in [1.165, 1.54) is 6.33 Å². The molecule has 0 saturated carbocycles. The van der Waals surface area contributed by atoms with Crippen LogP contribution in [0.1, 0.15) is 51.0 Å². The number of rotatable bonds is 3. The number of aromatic nitrogens is 2. The fraction of sp³-hybridized carbons (Fsp3) is 0.316. The highest BCUT2D eigenvalue weighted by Crippen LogP contribution is 2.40. The average molecular weight is 391 g/mol. The van der Waals surface area contributed by atoms with Crippen molar-refractivity contribution in [1.82, 2.24) is 14.5 Å². The molecule has 9 heteroatoms.